The Hall–Kier alpha value is -5.62. The minimum absolute atomic E-state index is 0.00977. The van der Waals surface area contributed by atoms with Gasteiger partial charge in [-0.15, -0.1) is 0 Å². The van der Waals surface area contributed by atoms with E-state index in [9.17, 15) is 20.2 Å². The summed E-state index contributed by atoms with van der Waals surface area (Å²) in [6, 6.07) is 25.0. The van der Waals surface area contributed by atoms with Crippen LogP contribution in [0.15, 0.2) is 84.9 Å². The molecule has 4 aromatic carbocycles. The second kappa shape index (κ2) is 20.0. The second-order valence-electron chi connectivity index (χ2n) is 15.7. The van der Waals surface area contributed by atoms with Crippen LogP contribution in [0.2, 0.25) is 0 Å². The van der Waals surface area contributed by atoms with Gasteiger partial charge in [-0.3, -0.25) is 20.2 Å². The monoisotopic (exact) mass is 848 g/mol. The van der Waals surface area contributed by atoms with Gasteiger partial charge in [-0.05, 0) is 51.0 Å². The van der Waals surface area contributed by atoms with Crippen molar-refractivity contribution in [3.63, 3.8) is 0 Å². The maximum absolute atomic E-state index is 12.0. The first-order valence-corrected chi connectivity index (χ1v) is 21.4. The van der Waals surface area contributed by atoms with E-state index in [4.69, 9.17) is 38.4 Å². The van der Waals surface area contributed by atoms with E-state index in [2.05, 4.69) is 0 Å². The third-order valence-electron chi connectivity index (χ3n) is 11.3. The quantitative estimate of drug-likeness (QED) is 0.0381. The Bertz CT molecular complexity index is 2320. The molecule has 0 bridgehead atoms. The Labute approximate surface area is 359 Å². The summed E-state index contributed by atoms with van der Waals surface area (Å²) < 4.78 is 39.8. The summed E-state index contributed by atoms with van der Waals surface area (Å²) >= 11 is 0. The molecule has 0 radical (unpaired) electrons. The largest absolute Gasteiger partial charge is 0.377 e. The topological polar surface area (TPSA) is 177 Å². The molecule has 4 heterocycles. The Kier molecular flexibility index (Phi) is 13.9. The molecule has 16 heteroatoms. The molecule has 2 fully saturated rings. The molecule has 0 aliphatic carbocycles. The first-order chi connectivity index (χ1) is 30.3. The molecule has 2 aromatic heterocycles. The third kappa shape index (κ3) is 9.55. The zero-order valence-electron chi connectivity index (χ0n) is 35.1. The van der Waals surface area contributed by atoms with Crippen LogP contribution in [0.5, 0.6) is 0 Å². The highest BCUT2D eigenvalue weighted by Crippen LogP contribution is 2.38. The Morgan fingerprint density at radius 1 is 0.581 bits per heavy atom. The number of hydrogen-bond donors (Lipinski definition) is 0. The summed E-state index contributed by atoms with van der Waals surface area (Å²) in [5.74, 6) is 1.01. The maximum Gasteiger partial charge on any atom is 0.280 e. The van der Waals surface area contributed by atoms with Crippen molar-refractivity contribution in [1.82, 2.24) is 19.1 Å². The number of nitro groups is 2. The van der Waals surface area contributed by atoms with Gasteiger partial charge in [0.15, 0.2) is 12.6 Å². The van der Waals surface area contributed by atoms with Crippen molar-refractivity contribution in [1.29, 1.82) is 0 Å². The van der Waals surface area contributed by atoms with Gasteiger partial charge in [0.2, 0.25) is 0 Å². The molecule has 0 amide bonds. The number of unbranched alkanes of at least 4 members (excludes halogenated alkanes) is 5. The Morgan fingerprint density at radius 3 is 1.37 bits per heavy atom. The van der Waals surface area contributed by atoms with Crippen molar-refractivity contribution in [2.45, 2.75) is 90.2 Å². The van der Waals surface area contributed by atoms with E-state index in [1.54, 1.807) is 36.4 Å². The number of fused-ring (bicyclic) bond motifs is 2. The molecular weight excluding hydrogens is 797 g/mol. The molecule has 62 heavy (non-hydrogen) atoms. The van der Waals surface area contributed by atoms with E-state index in [1.165, 1.54) is 12.1 Å². The predicted molar refractivity (Wildman–Crippen MR) is 231 cm³/mol. The van der Waals surface area contributed by atoms with Crippen molar-refractivity contribution in [3.05, 3.63) is 116 Å². The van der Waals surface area contributed by atoms with Crippen molar-refractivity contribution in [3.8, 4) is 22.8 Å². The molecule has 326 valence electrons. The number of nitrogens with zero attached hydrogens (tertiary/aromatic N) is 6. The van der Waals surface area contributed by atoms with E-state index in [1.807, 2.05) is 59.4 Å². The molecule has 0 saturated carbocycles. The summed E-state index contributed by atoms with van der Waals surface area (Å²) in [6.45, 7) is 8.13. The summed E-state index contributed by atoms with van der Waals surface area (Å²) in [5, 5.41) is 24.1. The highest BCUT2D eigenvalue weighted by Gasteiger charge is 2.29. The molecule has 0 N–H and O–H groups in total. The van der Waals surface area contributed by atoms with Crippen molar-refractivity contribution in [2.75, 3.05) is 39.6 Å². The van der Waals surface area contributed by atoms with Gasteiger partial charge in [-0.1, -0.05) is 74.2 Å². The van der Waals surface area contributed by atoms with Crippen LogP contribution in [0.3, 0.4) is 0 Å². The van der Waals surface area contributed by atoms with Crippen LogP contribution >= 0.6 is 0 Å². The van der Waals surface area contributed by atoms with Gasteiger partial charge in [-0.25, -0.2) is 9.97 Å². The fourth-order valence-corrected chi connectivity index (χ4v) is 8.32. The summed E-state index contributed by atoms with van der Waals surface area (Å²) in [4.78, 5) is 33.2. The fourth-order valence-electron chi connectivity index (χ4n) is 8.32. The molecule has 8 rings (SSSR count). The van der Waals surface area contributed by atoms with Crippen LogP contribution < -0.4 is 0 Å². The number of nitro benzene ring substituents is 2. The fraction of sp³-hybridized carbons (Fsp3) is 0.435. The molecule has 6 aromatic rings. The first kappa shape index (κ1) is 43.0. The van der Waals surface area contributed by atoms with Gasteiger partial charge in [0.05, 0.1) is 94.8 Å². The summed E-state index contributed by atoms with van der Waals surface area (Å²) in [5.41, 5.74) is 5.51. The number of benzene rings is 4. The molecule has 16 nitrogen and oxygen atoms in total. The molecule has 0 unspecified atom stereocenters. The van der Waals surface area contributed by atoms with Crippen LogP contribution in [0.4, 0.5) is 11.4 Å². The number of hydrogen-bond acceptors (Lipinski definition) is 12. The molecule has 2 aliphatic rings. The van der Waals surface area contributed by atoms with Gasteiger partial charge in [0.1, 0.15) is 11.6 Å². The van der Waals surface area contributed by atoms with E-state index in [-0.39, 0.29) is 33.4 Å². The number of ether oxygens (including phenoxy) is 6. The van der Waals surface area contributed by atoms with E-state index in [0.717, 1.165) is 60.7 Å². The van der Waals surface area contributed by atoms with Crippen LogP contribution in [0.25, 0.3) is 44.8 Å². The Morgan fingerprint density at radius 2 is 0.968 bits per heavy atom. The lowest BCUT2D eigenvalue weighted by Gasteiger charge is -2.17. The first-order valence-electron chi connectivity index (χ1n) is 21.4. The van der Waals surface area contributed by atoms with Crippen molar-refractivity contribution < 1.29 is 38.3 Å². The van der Waals surface area contributed by atoms with Crippen LogP contribution in [0, 0.1) is 20.2 Å². The van der Waals surface area contributed by atoms with E-state index < -0.39 is 12.6 Å². The minimum Gasteiger partial charge on any atom is -0.377 e. The van der Waals surface area contributed by atoms with Gasteiger partial charge in [-0.2, -0.15) is 0 Å². The SMILES string of the molecule is C[C@@H](Cn1c(-c2ccccc2[N+](=O)[O-])nc2c(C3OCCO3)cccc21)OCCCCCCCCO[C@@H](C)Cn1c(-c2ccccc2[N+](=O)[O-])nc2c(C3OCCO3)cccc21. The average molecular weight is 849 g/mol. The maximum atomic E-state index is 12.0. The Balaban J connectivity index is 0.812. The van der Waals surface area contributed by atoms with Crippen LogP contribution in [-0.2, 0) is 41.5 Å². The second-order valence-corrected chi connectivity index (χ2v) is 15.7. The summed E-state index contributed by atoms with van der Waals surface area (Å²) in [6.07, 6.45) is 4.63. The molecule has 2 aliphatic heterocycles. The molecule has 2 atom stereocenters. The van der Waals surface area contributed by atoms with Crippen molar-refractivity contribution >= 4 is 33.4 Å². The van der Waals surface area contributed by atoms with Crippen molar-refractivity contribution in [2.24, 2.45) is 0 Å². The molecule has 0 spiro atoms. The van der Waals surface area contributed by atoms with Gasteiger partial charge < -0.3 is 37.6 Å². The van der Waals surface area contributed by atoms with Gasteiger partial charge >= 0.3 is 0 Å². The van der Waals surface area contributed by atoms with Gasteiger partial charge in [0.25, 0.3) is 11.4 Å². The normalized spacial score (nSPS) is 15.8. The molecule has 2 saturated heterocycles. The number of aromatic nitrogens is 4. The number of imidazole rings is 2. The lowest BCUT2D eigenvalue weighted by Crippen LogP contribution is -2.18. The van der Waals surface area contributed by atoms with Crippen LogP contribution in [-0.4, -0.2) is 80.8 Å². The third-order valence-corrected chi connectivity index (χ3v) is 11.3. The highest BCUT2D eigenvalue weighted by atomic mass is 16.7. The zero-order chi connectivity index (χ0) is 43.0. The highest BCUT2D eigenvalue weighted by molar-refractivity contribution is 5.86. The lowest BCUT2D eigenvalue weighted by atomic mass is 10.1. The number of para-hydroxylation sites is 4. The number of rotatable bonds is 21. The summed E-state index contributed by atoms with van der Waals surface area (Å²) in [7, 11) is 0. The van der Waals surface area contributed by atoms with Gasteiger partial charge in [0, 0.05) is 36.5 Å². The lowest BCUT2D eigenvalue weighted by molar-refractivity contribution is -0.384. The predicted octanol–water partition coefficient (Wildman–Crippen LogP) is 9.48. The van der Waals surface area contributed by atoms with E-state index in [0.29, 0.717) is 86.5 Å². The van der Waals surface area contributed by atoms with E-state index >= 15 is 0 Å². The zero-order valence-corrected chi connectivity index (χ0v) is 35.1. The molecular formula is C46H52N6O10. The average Bonchev–Trinajstić information content (AvgIpc) is 4.12. The van der Waals surface area contributed by atoms with Crippen LogP contribution in [0.1, 0.15) is 76.1 Å². The smallest absolute Gasteiger partial charge is 0.280 e. The standard InChI is InChI=1S/C46H52N6O10/c1-31(29-49-39-21-13-17-35(45-59-25-26-60-45)41(39)47-43(49)33-15-7-9-19-37(33)51(53)54)57-23-11-5-3-4-6-12-24-58-32(2)30-50-40-22-14-18-36(46-61-27-28-62-46)42(40)48-44(50)34-16-8-10-20-38(34)52(55)56/h7-10,13-22,31-32,45-46H,3-6,11-12,23-30H2,1-2H3/t31-,32-/m0/s1. The minimum atomic E-state index is -0.536.